The average Bonchev–Trinajstić information content (AvgIpc) is 2.38. The summed E-state index contributed by atoms with van der Waals surface area (Å²) in [6.45, 7) is 2.56. The van der Waals surface area contributed by atoms with Gasteiger partial charge in [0.1, 0.15) is 11.9 Å². The van der Waals surface area contributed by atoms with Crippen molar-refractivity contribution in [3.8, 4) is 5.75 Å². The van der Waals surface area contributed by atoms with Crippen LogP contribution in [0.15, 0.2) is 46.9 Å². The fourth-order valence-electron chi connectivity index (χ4n) is 1.84. The number of aliphatic hydroxyl groups is 1. The minimum Gasteiger partial charge on any atom is -0.494 e. The normalized spacial score (nSPS) is 12.2. The fourth-order valence-corrected chi connectivity index (χ4v) is 2.72. The highest BCUT2D eigenvalue weighted by Gasteiger charge is 2.12. The van der Waals surface area contributed by atoms with E-state index in [4.69, 9.17) is 16.3 Å². The summed E-state index contributed by atoms with van der Waals surface area (Å²) in [5, 5.41) is 10.9. The van der Waals surface area contributed by atoms with E-state index in [0.717, 1.165) is 21.3 Å². The smallest absolute Gasteiger partial charge is 0.119 e. The molecule has 1 N–H and O–H groups in total. The van der Waals surface area contributed by atoms with Gasteiger partial charge in [0.25, 0.3) is 0 Å². The van der Waals surface area contributed by atoms with E-state index in [1.807, 2.05) is 37.3 Å². The van der Waals surface area contributed by atoms with Crippen molar-refractivity contribution in [1.82, 2.24) is 0 Å². The Bertz CT molecular complexity index is 534. The highest BCUT2D eigenvalue weighted by Crippen LogP contribution is 2.28. The first-order valence-corrected chi connectivity index (χ1v) is 7.14. The van der Waals surface area contributed by atoms with E-state index in [1.165, 1.54) is 0 Å². The molecule has 1 atom stereocenters. The van der Waals surface area contributed by atoms with Gasteiger partial charge in [-0.05, 0) is 48.4 Å². The average molecular weight is 342 g/mol. The monoisotopic (exact) mass is 340 g/mol. The number of rotatable bonds is 4. The van der Waals surface area contributed by atoms with E-state index in [2.05, 4.69) is 15.9 Å². The summed E-state index contributed by atoms with van der Waals surface area (Å²) in [4.78, 5) is 0. The Balaban J connectivity index is 2.25. The van der Waals surface area contributed by atoms with Crippen LogP contribution in [-0.4, -0.2) is 11.7 Å². The molecule has 2 aromatic carbocycles. The van der Waals surface area contributed by atoms with Crippen LogP contribution in [0, 0.1) is 0 Å². The van der Waals surface area contributed by atoms with Crippen LogP contribution < -0.4 is 4.74 Å². The van der Waals surface area contributed by atoms with Crippen molar-refractivity contribution < 1.29 is 9.84 Å². The molecule has 0 aliphatic rings. The van der Waals surface area contributed by atoms with Gasteiger partial charge in [0.15, 0.2) is 0 Å². The third-order valence-corrected chi connectivity index (χ3v) is 3.38. The maximum atomic E-state index is 10.3. The van der Waals surface area contributed by atoms with Crippen LogP contribution in [0.25, 0.3) is 0 Å². The molecule has 0 aliphatic heterocycles. The molecule has 0 saturated heterocycles. The van der Waals surface area contributed by atoms with Crippen LogP contribution in [0.3, 0.4) is 0 Å². The standard InChI is InChI=1S/C15H14BrClO2/c1-2-19-14-5-3-10(4-6-14)15(18)11-7-12(16)9-13(17)8-11/h3-9,15,18H,2H2,1H3. The van der Waals surface area contributed by atoms with Crippen molar-refractivity contribution in [3.05, 3.63) is 63.1 Å². The van der Waals surface area contributed by atoms with Gasteiger partial charge in [-0.15, -0.1) is 0 Å². The van der Waals surface area contributed by atoms with E-state index in [-0.39, 0.29) is 0 Å². The minimum atomic E-state index is -0.703. The molecule has 0 aliphatic carbocycles. The molecule has 0 radical (unpaired) electrons. The summed E-state index contributed by atoms with van der Waals surface area (Å²) < 4.78 is 6.22. The molecular weight excluding hydrogens is 328 g/mol. The van der Waals surface area contributed by atoms with Crippen LogP contribution in [0.5, 0.6) is 5.75 Å². The topological polar surface area (TPSA) is 29.5 Å². The number of benzene rings is 2. The molecule has 0 bridgehead atoms. The summed E-state index contributed by atoms with van der Waals surface area (Å²) in [7, 11) is 0. The summed E-state index contributed by atoms with van der Waals surface area (Å²) in [6, 6.07) is 12.8. The molecule has 19 heavy (non-hydrogen) atoms. The molecule has 0 aromatic heterocycles. The maximum Gasteiger partial charge on any atom is 0.119 e. The molecule has 0 fully saturated rings. The highest BCUT2D eigenvalue weighted by molar-refractivity contribution is 9.10. The van der Waals surface area contributed by atoms with Gasteiger partial charge in [-0.2, -0.15) is 0 Å². The Labute approximate surface area is 126 Å². The van der Waals surface area contributed by atoms with E-state index in [1.54, 1.807) is 12.1 Å². The number of aliphatic hydroxyl groups excluding tert-OH is 1. The molecule has 0 amide bonds. The van der Waals surface area contributed by atoms with Gasteiger partial charge in [0.2, 0.25) is 0 Å². The second kappa shape index (κ2) is 6.42. The van der Waals surface area contributed by atoms with E-state index in [0.29, 0.717) is 11.6 Å². The lowest BCUT2D eigenvalue weighted by atomic mass is 10.0. The van der Waals surface area contributed by atoms with Gasteiger partial charge < -0.3 is 9.84 Å². The Morgan fingerprint density at radius 3 is 2.42 bits per heavy atom. The first-order valence-electron chi connectivity index (χ1n) is 5.97. The number of hydrogen-bond acceptors (Lipinski definition) is 2. The van der Waals surface area contributed by atoms with Gasteiger partial charge in [0.05, 0.1) is 6.61 Å². The third-order valence-electron chi connectivity index (χ3n) is 2.71. The van der Waals surface area contributed by atoms with Crippen molar-refractivity contribution in [2.45, 2.75) is 13.0 Å². The molecular formula is C15H14BrClO2. The lowest BCUT2D eigenvalue weighted by molar-refractivity contribution is 0.220. The van der Waals surface area contributed by atoms with Gasteiger partial charge in [-0.25, -0.2) is 0 Å². The summed E-state index contributed by atoms with van der Waals surface area (Å²) >= 11 is 9.36. The number of hydrogen-bond donors (Lipinski definition) is 1. The fraction of sp³-hybridized carbons (Fsp3) is 0.200. The van der Waals surface area contributed by atoms with E-state index in [9.17, 15) is 5.11 Å². The molecule has 0 heterocycles. The Hall–Kier alpha value is -1.03. The second-order valence-corrected chi connectivity index (χ2v) is 5.46. The molecule has 2 nitrogen and oxygen atoms in total. The van der Waals surface area contributed by atoms with Crippen LogP contribution in [-0.2, 0) is 0 Å². The Morgan fingerprint density at radius 2 is 1.84 bits per heavy atom. The second-order valence-electron chi connectivity index (χ2n) is 4.11. The largest absolute Gasteiger partial charge is 0.494 e. The zero-order valence-corrected chi connectivity index (χ0v) is 12.8. The highest BCUT2D eigenvalue weighted by atomic mass is 79.9. The van der Waals surface area contributed by atoms with Crippen molar-refractivity contribution in [2.75, 3.05) is 6.61 Å². The molecule has 0 saturated carbocycles. The van der Waals surface area contributed by atoms with Gasteiger partial charge in [-0.3, -0.25) is 0 Å². The molecule has 2 rings (SSSR count). The SMILES string of the molecule is CCOc1ccc(C(O)c2cc(Cl)cc(Br)c2)cc1. The summed E-state index contributed by atoms with van der Waals surface area (Å²) in [5.41, 5.74) is 1.56. The molecule has 100 valence electrons. The van der Waals surface area contributed by atoms with Crippen molar-refractivity contribution in [1.29, 1.82) is 0 Å². The lowest BCUT2D eigenvalue weighted by Gasteiger charge is -2.13. The maximum absolute atomic E-state index is 10.3. The molecule has 4 heteroatoms. The summed E-state index contributed by atoms with van der Waals surface area (Å²) in [5.74, 6) is 0.797. The minimum absolute atomic E-state index is 0.592. The first kappa shape index (κ1) is 14.4. The third kappa shape index (κ3) is 3.72. The number of ether oxygens (including phenoxy) is 1. The quantitative estimate of drug-likeness (QED) is 0.882. The Kier molecular flexibility index (Phi) is 4.86. The molecule has 1 unspecified atom stereocenters. The van der Waals surface area contributed by atoms with Crippen LogP contribution in [0.1, 0.15) is 24.2 Å². The molecule has 0 spiro atoms. The Morgan fingerprint density at radius 1 is 1.16 bits per heavy atom. The van der Waals surface area contributed by atoms with Crippen molar-refractivity contribution >= 4 is 27.5 Å². The van der Waals surface area contributed by atoms with Crippen molar-refractivity contribution in [2.24, 2.45) is 0 Å². The van der Waals surface area contributed by atoms with Crippen LogP contribution in [0.2, 0.25) is 5.02 Å². The predicted octanol–water partition coefficient (Wildman–Crippen LogP) is 4.58. The molecule has 2 aromatic rings. The van der Waals surface area contributed by atoms with Crippen molar-refractivity contribution in [3.63, 3.8) is 0 Å². The van der Waals surface area contributed by atoms with Gasteiger partial charge in [-0.1, -0.05) is 39.7 Å². The van der Waals surface area contributed by atoms with E-state index >= 15 is 0 Å². The predicted molar refractivity (Wildman–Crippen MR) is 80.8 cm³/mol. The summed E-state index contributed by atoms with van der Waals surface area (Å²) in [6.07, 6.45) is -0.703. The lowest BCUT2D eigenvalue weighted by Crippen LogP contribution is -2.00. The van der Waals surface area contributed by atoms with Crippen LogP contribution in [0.4, 0.5) is 0 Å². The zero-order valence-electron chi connectivity index (χ0n) is 10.4. The van der Waals surface area contributed by atoms with Crippen LogP contribution >= 0.6 is 27.5 Å². The number of halogens is 2. The first-order chi connectivity index (χ1) is 9.10. The zero-order chi connectivity index (χ0) is 13.8. The van der Waals surface area contributed by atoms with Gasteiger partial charge in [0, 0.05) is 9.50 Å². The van der Waals surface area contributed by atoms with E-state index < -0.39 is 6.10 Å². The van der Waals surface area contributed by atoms with Gasteiger partial charge >= 0.3 is 0 Å².